The lowest BCUT2D eigenvalue weighted by atomic mass is 10.1. The third-order valence-corrected chi connectivity index (χ3v) is 4.48. The fraction of sp³-hybridized carbons (Fsp3) is 0.0500. The number of nitrogens with one attached hydrogen (secondary N) is 2. The van der Waals surface area contributed by atoms with Gasteiger partial charge >= 0.3 is 0 Å². The second kappa shape index (κ2) is 6.00. The number of hydrogen-bond donors (Lipinski definition) is 2. The van der Waals surface area contributed by atoms with Crippen LogP contribution in [0, 0.1) is 0 Å². The molecule has 0 saturated heterocycles. The van der Waals surface area contributed by atoms with E-state index in [4.69, 9.17) is 0 Å². The Bertz CT molecular complexity index is 1190. The summed E-state index contributed by atoms with van der Waals surface area (Å²) in [4.78, 5) is 15.8. The number of aromatic amines is 1. The Kier molecular flexibility index (Phi) is 3.38. The van der Waals surface area contributed by atoms with Gasteiger partial charge in [0.1, 0.15) is 11.8 Å². The summed E-state index contributed by atoms with van der Waals surface area (Å²) < 4.78 is 2.22. The maximum Gasteiger partial charge on any atom is 0.182 e. The quantitative estimate of drug-likeness (QED) is 0.521. The maximum atomic E-state index is 4.35. The van der Waals surface area contributed by atoms with Gasteiger partial charge in [-0.1, -0.05) is 36.4 Å². The minimum atomic E-state index is 0.650. The fourth-order valence-electron chi connectivity index (χ4n) is 3.31. The van der Waals surface area contributed by atoms with E-state index >= 15 is 0 Å². The summed E-state index contributed by atoms with van der Waals surface area (Å²) >= 11 is 0. The second-order valence-electron chi connectivity index (χ2n) is 6.06. The van der Waals surface area contributed by atoms with E-state index in [0.717, 1.165) is 16.9 Å². The molecule has 0 aliphatic rings. The molecule has 2 N–H and O–H groups in total. The molecular weight excluding hydrogens is 324 g/mol. The lowest BCUT2D eigenvalue weighted by molar-refractivity contribution is 1.09. The first-order valence-electron chi connectivity index (χ1n) is 8.42. The lowest BCUT2D eigenvalue weighted by Gasteiger charge is -2.09. The number of imidazole rings is 1. The second-order valence-corrected chi connectivity index (χ2v) is 6.06. The molecule has 0 saturated carbocycles. The Balaban J connectivity index is 1.58. The van der Waals surface area contributed by atoms with E-state index in [1.807, 2.05) is 6.07 Å². The molecule has 0 atom stereocenters. The molecule has 4 aromatic heterocycles. The van der Waals surface area contributed by atoms with Gasteiger partial charge in [-0.15, -0.1) is 0 Å². The largest absolute Gasteiger partial charge is 0.364 e. The Morgan fingerprint density at radius 3 is 2.77 bits per heavy atom. The molecule has 26 heavy (non-hydrogen) atoms. The number of hydrogen-bond acceptors (Lipinski definition) is 4. The van der Waals surface area contributed by atoms with Crippen LogP contribution in [0.2, 0.25) is 0 Å². The van der Waals surface area contributed by atoms with Gasteiger partial charge in [-0.2, -0.15) is 0 Å². The SMILES string of the molecule is c1ccc(-c2c(CNc3ncnc4nc[nH]c34)cc3ccccn23)cc1. The zero-order valence-electron chi connectivity index (χ0n) is 13.9. The first-order chi connectivity index (χ1) is 12.9. The Morgan fingerprint density at radius 2 is 1.85 bits per heavy atom. The van der Waals surface area contributed by atoms with Crippen LogP contribution in [0.4, 0.5) is 5.82 Å². The summed E-state index contributed by atoms with van der Waals surface area (Å²) in [7, 11) is 0. The topological polar surface area (TPSA) is 70.9 Å². The van der Waals surface area contributed by atoms with Crippen LogP contribution in [0.5, 0.6) is 0 Å². The van der Waals surface area contributed by atoms with Gasteiger partial charge in [-0.3, -0.25) is 0 Å². The molecule has 5 aromatic rings. The normalized spacial score (nSPS) is 11.2. The fourth-order valence-corrected chi connectivity index (χ4v) is 3.31. The van der Waals surface area contributed by atoms with Crippen molar-refractivity contribution in [2.75, 3.05) is 5.32 Å². The number of benzene rings is 1. The zero-order valence-corrected chi connectivity index (χ0v) is 13.9. The van der Waals surface area contributed by atoms with Crippen molar-refractivity contribution in [3.05, 3.63) is 79.0 Å². The molecule has 0 aliphatic carbocycles. The molecule has 0 fully saturated rings. The smallest absolute Gasteiger partial charge is 0.182 e. The Labute approximate surface area is 149 Å². The molecule has 0 unspecified atom stereocenters. The molecule has 6 nitrogen and oxygen atoms in total. The molecular formula is C20H16N6. The van der Waals surface area contributed by atoms with E-state index in [1.165, 1.54) is 23.1 Å². The molecule has 0 radical (unpaired) electrons. The molecule has 0 bridgehead atoms. The third kappa shape index (κ3) is 2.39. The minimum absolute atomic E-state index is 0.650. The van der Waals surface area contributed by atoms with Crippen molar-refractivity contribution in [2.24, 2.45) is 0 Å². The maximum absolute atomic E-state index is 4.35. The van der Waals surface area contributed by atoms with Gasteiger partial charge in [-0.25, -0.2) is 15.0 Å². The van der Waals surface area contributed by atoms with E-state index in [-0.39, 0.29) is 0 Å². The Morgan fingerprint density at radius 1 is 0.962 bits per heavy atom. The van der Waals surface area contributed by atoms with Crippen molar-refractivity contribution in [2.45, 2.75) is 6.54 Å². The predicted molar refractivity (Wildman–Crippen MR) is 102 cm³/mol. The summed E-state index contributed by atoms with van der Waals surface area (Å²) in [6.45, 7) is 0.650. The van der Waals surface area contributed by atoms with Gasteiger partial charge in [0.25, 0.3) is 0 Å². The van der Waals surface area contributed by atoms with Crippen LogP contribution in [0.1, 0.15) is 5.56 Å². The zero-order chi connectivity index (χ0) is 17.3. The predicted octanol–water partition coefficient (Wildman–Crippen LogP) is 3.88. The number of aromatic nitrogens is 5. The van der Waals surface area contributed by atoms with Crippen molar-refractivity contribution in [3.63, 3.8) is 0 Å². The van der Waals surface area contributed by atoms with E-state index in [1.54, 1.807) is 6.33 Å². The van der Waals surface area contributed by atoms with Gasteiger partial charge in [0.15, 0.2) is 11.5 Å². The summed E-state index contributed by atoms with van der Waals surface area (Å²) in [5, 5.41) is 3.43. The summed E-state index contributed by atoms with van der Waals surface area (Å²) in [5.74, 6) is 0.752. The Hall–Kier alpha value is -3.67. The van der Waals surface area contributed by atoms with Crippen LogP contribution in [0.3, 0.4) is 0 Å². The van der Waals surface area contributed by atoms with Gasteiger partial charge in [0.2, 0.25) is 0 Å². The summed E-state index contributed by atoms with van der Waals surface area (Å²) in [6.07, 6.45) is 5.26. The van der Waals surface area contributed by atoms with Crippen molar-refractivity contribution < 1.29 is 0 Å². The molecule has 0 amide bonds. The number of pyridine rings is 1. The molecule has 0 aliphatic heterocycles. The van der Waals surface area contributed by atoms with Gasteiger partial charge in [0.05, 0.1) is 12.0 Å². The van der Waals surface area contributed by atoms with Crippen LogP contribution in [-0.4, -0.2) is 24.3 Å². The van der Waals surface area contributed by atoms with Crippen LogP contribution >= 0.6 is 0 Å². The molecule has 126 valence electrons. The van der Waals surface area contributed by atoms with Crippen LogP contribution in [0.25, 0.3) is 27.9 Å². The average molecular weight is 340 g/mol. The molecule has 6 heteroatoms. The van der Waals surface area contributed by atoms with Crippen molar-refractivity contribution in [3.8, 4) is 11.3 Å². The van der Waals surface area contributed by atoms with Crippen molar-refractivity contribution >= 4 is 22.5 Å². The average Bonchev–Trinajstić information content (AvgIpc) is 3.31. The highest BCUT2D eigenvalue weighted by atomic mass is 15.1. The van der Waals surface area contributed by atoms with Gasteiger partial charge in [0, 0.05) is 18.3 Å². The van der Waals surface area contributed by atoms with Crippen LogP contribution < -0.4 is 5.32 Å². The van der Waals surface area contributed by atoms with Gasteiger partial charge in [-0.05, 0) is 29.3 Å². The number of nitrogens with zero attached hydrogens (tertiary/aromatic N) is 4. The van der Waals surface area contributed by atoms with Crippen molar-refractivity contribution in [1.29, 1.82) is 0 Å². The highest BCUT2D eigenvalue weighted by molar-refractivity contribution is 5.82. The standard InChI is InChI=1S/C20H16N6/c1-2-6-14(7-3-1)18-15(10-16-8-4-5-9-26(16)18)11-21-19-17-20(23-12-22-17)25-13-24-19/h1-10,12-13H,11H2,(H2,21,22,23,24,25). The third-order valence-electron chi connectivity index (χ3n) is 4.48. The molecule has 4 heterocycles. The summed E-state index contributed by atoms with van der Waals surface area (Å²) in [6, 6.07) is 18.9. The van der Waals surface area contributed by atoms with Gasteiger partial charge < -0.3 is 14.7 Å². The first-order valence-corrected chi connectivity index (χ1v) is 8.42. The monoisotopic (exact) mass is 340 g/mol. The lowest BCUT2D eigenvalue weighted by Crippen LogP contribution is -2.03. The molecule has 5 rings (SSSR count). The molecule has 0 spiro atoms. The highest BCUT2D eigenvalue weighted by Gasteiger charge is 2.13. The number of anilines is 1. The van der Waals surface area contributed by atoms with E-state index in [0.29, 0.717) is 12.2 Å². The number of H-pyrrole nitrogens is 1. The summed E-state index contributed by atoms with van der Waals surface area (Å²) in [5.41, 5.74) is 6.21. The van der Waals surface area contributed by atoms with E-state index in [2.05, 4.69) is 84.4 Å². The highest BCUT2D eigenvalue weighted by Crippen LogP contribution is 2.28. The number of fused-ring (bicyclic) bond motifs is 2. The first kappa shape index (κ1) is 14.7. The molecule has 1 aromatic carbocycles. The van der Waals surface area contributed by atoms with Crippen LogP contribution in [-0.2, 0) is 6.54 Å². The van der Waals surface area contributed by atoms with E-state index < -0.39 is 0 Å². The van der Waals surface area contributed by atoms with E-state index in [9.17, 15) is 0 Å². The number of rotatable bonds is 4. The van der Waals surface area contributed by atoms with Crippen LogP contribution in [0.15, 0.2) is 73.4 Å². The minimum Gasteiger partial charge on any atom is -0.364 e. The van der Waals surface area contributed by atoms with Crippen molar-refractivity contribution in [1.82, 2.24) is 24.3 Å².